The van der Waals surface area contributed by atoms with Crippen molar-refractivity contribution in [2.45, 2.75) is 59.1 Å². The molecule has 1 atom stereocenters. The molecule has 1 aliphatic heterocycles. The average molecular weight is 363 g/mol. The van der Waals surface area contributed by atoms with Gasteiger partial charge in [0.1, 0.15) is 11.9 Å². The second kappa shape index (κ2) is 8.43. The van der Waals surface area contributed by atoms with E-state index < -0.39 is 11.7 Å². The first-order valence-corrected chi connectivity index (χ1v) is 9.16. The molecule has 0 saturated heterocycles. The highest BCUT2D eigenvalue weighted by molar-refractivity contribution is 5.71. The number of benzene rings is 1. The maximum atomic E-state index is 12.6. The van der Waals surface area contributed by atoms with Crippen molar-refractivity contribution in [2.75, 3.05) is 19.8 Å². The molecule has 0 spiro atoms. The van der Waals surface area contributed by atoms with Gasteiger partial charge in [0.05, 0.1) is 19.3 Å². The standard InChI is InChI=1S/C20H29NO5/c1-6-24-17-12-14-8-10-21(19(23)26-20(3,4)5)16(9-11-22)15(14)13-18(17)25-7-2/h11-13,16H,6-10H2,1-5H3/t16-/m0/s1. The van der Waals surface area contributed by atoms with Crippen LogP contribution in [0.3, 0.4) is 0 Å². The van der Waals surface area contributed by atoms with Crippen LogP contribution in [0, 0.1) is 0 Å². The van der Waals surface area contributed by atoms with Crippen molar-refractivity contribution < 1.29 is 23.8 Å². The fourth-order valence-electron chi connectivity index (χ4n) is 3.13. The molecule has 0 fully saturated rings. The summed E-state index contributed by atoms with van der Waals surface area (Å²) in [7, 11) is 0. The van der Waals surface area contributed by atoms with Gasteiger partial charge in [-0.25, -0.2) is 4.79 Å². The number of hydrogen-bond donors (Lipinski definition) is 0. The van der Waals surface area contributed by atoms with Crippen molar-refractivity contribution in [2.24, 2.45) is 0 Å². The van der Waals surface area contributed by atoms with Crippen molar-refractivity contribution in [1.29, 1.82) is 0 Å². The van der Waals surface area contributed by atoms with Crippen LogP contribution in [0.2, 0.25) is 0 Å². The second-order valence-electron chi connectivity index (χ2n) is 7.21. The van der Waals surface area contributed by atoms with Gasteiger partial charge in [0.25, 0.3) is 0 Å². The summed E-state index contributed by atoms with van der Waals surface area (Å²) in [5, 5.41) is 0. The summed E-state index contributed by atoms with van der Waals surface area (Å²) in [6.45, 7) is 10.9. The second-order valence-corrected chi connectivity index (χ2v) is 7.21. The molecule has 0 saturated carbocycles. The lowest BCUT2D eigenvalue weighted by molar-refractivity contribution is -0.109. The Morgan fingerprint density at radius 3 is 2.35 bits per heavy atom. The number of hydrogen-bond acceptors (Lipinski definition) is 5. The van der Waals surface area contributed by atoms with Gasteiger partial charge in [-0.15, -0.1) is 0 Å². The normalized spacial score (nSPS) is 16.7. The molecule has 0 N–H and O–H groups in total. The fourth-order valence-corrected chi connectivity index (χ4v) is 3.13. The van der Waals surface area contributed by atoms with Crippen LogP contribution in [-0.4, -0.2) is 42.6 Å². The zero-order valence-electron chi connectivity index (χ0n) is 16.3. The predicted molar refractivity (Wildman–Crippen MR) is 98.8 cm³/mol. The van der Waals surface area contributed by atoms with E-state index in [2.05, 4.69) is 0 Å². The first kappa shape index (κ1) is 20.1. The van der Waals surface area contributed by atoms with E-state index in [9.17, 15) is 9.59 Å². The Kier molecular flexibility index (Phi) is 6.51. The zero-order valence-corrected chi connectivity index (χ0v) is 16.3. The van der Waals surface area contributed by atoms with Gasteiger partial charge < -0.3 is 23.9 Å². The SMILES string of the molecule is CCOc1cc2c(cc1OCC)[C@H](CC=O)N(C(=O)OC(C)(C)C)CC2. The zero-order chi connectivity index (χ0) is 19.3. The highest BCUT2D eigenvalue weighted by Gasteiger charge is 2.34. The molecule has 0 unspecified atom stereocenters. The van der Waals surface area contributed by atoms with Gasteiger partial charge in [-0.3, -0.25) is 0 Å². The summed E-state index contributed by atoms with van der Waals surface area (Å²) in [4.78, 5) is 25.5. The van der Waals surface area contributed by atoms with E-state index in [1.807, 2.05) is 46.8 Å². The van der Waals surface area contributed by atoms with E-state index in [0.29, 0.717) is 37.7 Å². The van der Waals surface area contributed by atoms with Gasteiger partial charge in [0, 0.05) is 13.0 Å². The maximum Gasteiger partial charge on any atom is 0.410 e. The van der Waals surface area contributed by atoms with Crippen molar-refractivity contribution >= 4 is 12.4 Å². The maximum absolute atomic E-state index is 12.6. The highest BCUT2D eigenvalue weighted by Crippen LogP contribution is 2.40. The third kappa shape index (κ3) is 4.68. The molecule has 0 aliphatic carbocycles. The van der Waals surface area contributed by atoms with Gasteiger partial charge in [-0.2, -0.15) is 0 Å². The van der Waals surface area contributed by atoms with Crippen LogP contribution >= 0.6 is 0 Å². The number of ether oxygens (including phenoxy) is 3. The van der Waals surface area contributed by atoms with Crippen LogP contribution in [0.5, 0.6) is 11.5 Å². The number of amides is 1. The summed E-state index contributed by atoms with van der Waals surface area (Å²) in [6, 6.07) is 3.50. The molecule has 26 heavy (non-hydrogen) atoms. The van der Waals surface area contributed by atoms with Crippen molar-refractivity contribution in [1.82, 2.24) is 4.90 Å². The van der Waals surface area contributed by atoms with Crippen molar-refractivity contribution in [3.8, 4) is 11.5 Å². The van der Waals surface area contributed by atoms with Crippen LogP contribution < -0.4 is 9.47 Å². The number of nitrogens with zero attached hydrogens (tertiary/aromatic N) is 1. The van der Waals surface area contributed by atoms with E-state index in [4.69, 9.17) is 14.2 Å². The third-order valence-electron chi connectivity index (χ3n) is 4.11. The Bertz CT molecular complexity index is 650. The molecular weight excluding hydrogens is 334 g/mol. The van der Waals surface area contributed by atoms with Gasteiger partial charge in [0.2, 0.25) is 0 Å². The van der Waals surface area contributed by atoms with Crippen LogP contribution in [-0.2, 0) is 16.0 Å². The molecule has 1 aliphatic rings. The van der Waals surface area contributed by atoms with Crippen LogP contribution in [0.25, 0.3) is 0 Å². The van der Waals surface area contributed by atoms with Gasteiger partial charge in [0.15, 0.2) is 11.5 Å². The smallest absolute Gasteiger partial charge is 0.410 e. The summed E-state index contributed by atoms with van der Waals surface area (Å²) < 4.78 is 16.9. The molecule has 6 nitrogen and oxygen atoms in total. The van der Waals surface area contributed by atoms with E-state index in [1.54, 1.807) is 4.90 Å². The van der Waals surface area contributed by atoms with Gasteiger partial charge in [-0.05, 0) is 64.3 Å². The van der Waals surface area contributed by atoms with Crippen molar-refractivity contribution in [3.63, 3.8) is 0 Å². The summed E-state index contributed by atoms with van der Waals surface area (Å²) in [5.74, 6) is 1.33. The minimum absolute atomic E-state index is 0.214. The van der Waals surface area contributed by atoms with E-state index in [0.717, 1.165) is 17.4 Å². The number of aldehydes is 1. The molecule has 1 amide bonds. The molecule has 144 valence electrons. The summed E-state index contributed by atoms with van der Waals surface area (Å²) in [5.41, 5.74) is 1.41. The lowest BCUT2D eigenvalue weighted by Gasteiger charge is -2.37. The van der Waals surface area contributed by atoms with E-state index in [1.165, 1.54) is 0 Å². The molecule has 0 bridgehead atoms. The van der Waals surface area contributed by atoms with Crippen molar-refractivity contribution in [3.05, 3.63) is 23.3 Å². The lowest BCUT2D eigenvalue weighted by atomic mass is 9.90. The monoisotopic (exact) mass is 363 g/mol. The third-order valence-corrected chi connectivity index (χ3v) is 4.11. The average Bonchev–Trinajstić information content (AvgIpc) is 2.55. The first-order chi connectivity index (χ1) is 12.3. The van der Waals surface area contributed by atoms with E-state index >= 15 is 0 Å². The highest BCUT2D eigenvalue weighted by atomic mass is 16.6. The molecule has 0 aromatic heterocycles. The number of carbonyl (C=O) groups is 2. The Hall–Kier alpha value is -2.24. The largest absolute Gasteiger partial charge is 0.490 e. The van der Waals surface area contributed by atoms with Crippen LogP contribution in [0.4, 0.5) is 4.79 Å². The summed E-state index contributed by atoms with van der Waals surface area (Å²) >= 11 is 0. The Morgan fingerprint density at radius 1 is 1.19 bits per heavy atom. The summed E-state index contributed by atoms with van der Waals surface area (Å²) in [6.07, 6.45) is 1.33. The number of fused-ring (bicyclic) bond motifs is 1. The lowest BCUT2D eigenvalue weighted by Crippen LogP contribution is -2.43. The predicted octanol–water partition coefficient (Wildman–Crippen LogP) is 3.91. The molecule has 6 heteroatoms. The Morgan fingerprint density at radius 2 is 1.81 bits per heavy atom. The molecule has 2 rings (SSSR count). The topological polar surface area (TPSA) is 65.1 Å². The van der Waals surface area contributed by atoms with E-state index in [-0.39, 0.29) is 12.5 Å². The quantitative estimate of drug-likeness (QED) is 0.717. The molecule has 1 aromatic rings. The van der Waals surface area contributed by atoms with Gasteiger partial charge in [-0.1, -0.05) is 0 Å². The van der Waals surface area contributed by atoms with Crippen LogP contribution in [0.1, 0.15) is 58.2 Å². The number of carbonyl (C=O) groups excluding carboxylic acids is 2. The molecule has 1 aromatic carbocycles. The number of rotatable bonds is 6. The minimum atomic E-state index is -0.585. The first-order valence-electron chi connectivity index (χ1n) is 9.16. The fraction of sp³-hybridized carbons (Fsp3) is 0.600. The molecular formula is C20H29NO5. The van der Waals surface area contributed by atoms with Gasteiger partial charge >= 0.3 is 6.09 Å². The minimum Gasteiger partial charge on any atom is -0.490 e. The van der Waals surface area contributed by atoms with Crippen LogP contribution in [0.15, 0.2) is 12.1 Å². The Labute approximate surface area is 155 Å². The molecule has 0 radical (unpaired) electrons. The Balaban J connectivity index is 2.41. The molecule has 1 heterocycles.